The maximum absolute atomic E-state index is 12.9. The van der Waals surface area contributed by atoms with Gasteiger partial charge in [0, 0.05) is 23.9 Å². The lowest BCUT2D eigenvalue weighted by Gasteiger charge is -2.36. The molecule has 0 N–H and O–H groups in total. The molecule has 2 aromatic rings. The Bertz CT molecular complexity index is 685. The monoisotopic (exact) mass is 310 g/mol. The number of benzene rings is 1. The molecule has 4 nitrogen and oxygen atoms in total. The van der Waals surface area contributed by atoms with Crippen molar-refractivity contribution < 1.29 is 9.53 Å². The van der Waals surface area contributed by atoms with Crippen LogP contribution in [-0.2, 0) is 0 Å². The minimum atomic E-state index is 0.0925. The molecule has 1 aromatic heterocycles. The maximum Gasteiger partial charge on any atom is 0.254 e. The van der Waals surface area contributed by atoms with Gasteiger partial charge in [0.1, 0.15) is 0 Å². The average Bonchev–Trinajstić information content (AvgIpc) is 2.62. The summed E-state index contributed by atoms with van der Waals surface area (Å²) in [5, 5.41) is 0. The second kappa shape index (κ2) is 6.82. The minimum absolute atomic E-state index is 0.0925. The Labute approximate surface area is 137 Å². The maximum atomic E-state index is 12.9. The number of hydrogen-bond donors (Lipinski definition) is 0. The first-order chi connectivity index (χ1) is 11.2. The molecule has 0 bridgehead atoms. The summed E-state index contributed by atoms with van der Waals surface area (Å²) in [4.78, 5) is 19.4. The number of aromatic nitrogens is 1. The molecule has 1 atom stereocenters. The van der Waals surface area contributed by atoms with Gasteiger partial charge in [-0.15, -0.1) is 0 Å². The first-order valence-corrected chi connectivity index (χ1v) is 8.08. The highest BCUT2D eigenvalue weighted by Gasteiger charge is 2.29. The molecule has 0 radical (unpaired) electrons. The van der Waals surface area contributed by atoms with Gasteiger partial charge in [-0.1, -0.05) is 18.2 Å². The number of nitrogens with zero attached hydrogens (tertiary/aromatic N) is 2. The quantitative estimate of drug-likeness (QED) is 0.866. The van der Waals surface area contributed by atoms with Crippen LogP contribution in [0.1, 0.15) is 46.9 Å². The molecule has 1 aliphatic heterocycles. The third-order valence-electron chi connectivity index (χ3n) is 4.45. The third-order valence-corrected chi connectivity index (χ3v) is 4.45. The highest BCUT2D eigenvalue weighted by atomic mass is 16.5. The van der Waals surface area contributed by atoms with Crippen molar-refractivity contribution in [1.82, 2.24) is 9.88 Å². The van der Waals surface area contributed by atoms with Gasteiger partial charge in [0.15, 0.2) is 0 Å². The Morgan fingerprint density at radius 1 is 1.17 bits per heavy atom. The van der Waals surface area contributed by atoms with Gasteiger partial charge in [-0.2, -0.15) is 0 Å². The number of likely N-dealkylation sites (tertiary alicyclic amines) is 1. The normalized spacial score (nSPS) is 17.8. The Morgan fingerprint density at radius 2 is 1.96 bits per heavy atom. The van der Waals surface area contributed by atoms with Gasteiger partial charge in [-0.3, -0.25) is 4.79 Å². The van der Waals surface area contributed by atoms with Gasteiger partial charge in [0.05, 0.1) is 13.2 Å². The molecule has 0 unspecified atom stereocenters. The predicted octanol–water partition coefficient (Wildman–Crippen LogP) is 3.77. The van der Waals surface area contributed by atoms with E-state index in [9.17, 15) is 4.79 Å². The number of rotatable bonds is 3. The van der Waals surface area contributed by atoms with Gasteiger partial charge in [0.2, 0.25) is 5.88 Å². The summed E-state index contributed by atoms with van der Waals surface area (Å²) in [7, 11) is 1.62. The summed E-state index contributed by atoms with van der Waals surface area (Å²) < 4.78 is 5.19. The van der Waals surface area contributed by atoms with Crippen molar-refractivity contribution in [2.24, 2.45) is 0 Å². The van der Waals surface area contributed by atoms with E-state index in [1.54, 1.807) is 7.11 Å². The van der Waals surface area contributed by atoms with E-state index < -0.39 is 0 Å². The molecule has 1 aromatic carbocycles. The van der Waals surface area contributed by atoms with Crippen LogP contribution in [0.3, 0.4) is 0 Å². The van der Waals surface area contributed by atoms with E-state index in [1.165, 1.54) is 0 Å². The number of pyridine rings is 1. The lowest BCUT2D eigenvalue weighted by atomic mass is 9.93. The van der Waals surface area contributed by atoms with Crippen LogP contribution in [-0.4, -0.2) is 29.4 Å². The van der Waals surface area contributed by atoms with E-state index in [1.807, 2.05) is 54.3 Å². The number of amides is 1. The molecular weight excluding hydrogens is 288 g/mol. The minimum Gasteiger partial charge on any atom is -0.481 e. The lowest BCUT2D eigenvalue weighted by Crippen LogP contribution is -2.38. The summed E-state index contributed by atoms with van der Waals surface area (Å²) in [6.07, 6.45) is 3.17. The van der Waals surface area contributed by atoms with Crippen LogP contribution in [0.4, 0.5) is 0 Å². The SMILES string of the molecule is COc1ccc([C@@H]2CCCCN2C(=O)c2ccccc2)c(C)n1. The van der Waals surface area contributed by atoms with Crippen LogP contribution in [0.15, 0.2) is 42.5 Å². The molecular formula is C19H22N2O2. The first kappa shape index (κ1) is 15.5. The number of hydrogen-bond acceptors (Lipinski definition) is 3. The van der Waals surface area contributed by atoms with Crippen molar-refractivity contribution in [3.63, 3.8) is 0 Å². The Hall–Kier alpha value is -2.36. The van der Waals surface area contributed by atoms with E-state index in [2.05, 4.69) is 4.98 Å². The smallest absolute Gasteiger partial charge is 0.254 e. The lowest BCUT2D eigenvalue weighted by molar-refractivity contribution is 0.0610. The fourth-order valence-corrected chi connectivity index (χ4v) is 3.26. The number of carbonyl (C=O) groups is 1. The molecule has 0 saturated carbocycles. The largest absolute Gasteiger partial charge is 0.481 e. The Morgan fingerprint density at radius 3 is 2.65 bits per heavy atom. The molecule has 120 valence electrons. The van der Waals surface area contributed by atoms with Gasteiger partial charge in [-0.25, -0.2) is 4.98 Å². The van der Waals surface area contributed by atoms with Crippen molar-refractivity contribution in [2.75, 3.05) is 13.7 Å². The van der Waals surface area contributed by atoms with Crippen molar-refractivity contribution in [3.05, 3.63) is 59.3 Å². The fraction of sp³-hybridized carbons (Fsp3) is 0.368. The van der Waals surface area contributed by atoms with E-state index in [-0.39, 0.29) is 11.9 Å². The van der Waals surface area contributed by atoms with Crippen LogP contribution >= 0.6 is 0 Å². The molecule has 4 heteroatoms. The van der Waals surface area contributed by atoms with Crippen LogP contribution in [0.5, 0.6) is 5.88 Å². The van der Waals surface area contributed by atoms with E-state index in [0.29, 0.717) is 5.88 Å². The van der Waals surface area contributed by atoms with Crippen molar-refractivity contribution >= 4 is 5.91 Å². The van der Waals surface area contributed by atoms with Crippen LogP contribution in [0.2, 0.25) is 0 Å². The molecule has 2 heterocycles. The predicted molar refractivity (Wildman–Crippen MR) is 89.6 cm³/mol. The summed E-state index contributed by atoms with van der Waals surface area (Å²) in [5.74, 6) is 0.716. The highest BCUT2D eigenvalue weighted by Crippen LogP contribution is 2.34. The van der Waals surface area contributed by atoms with Crippen LogP contribution in [0, 0.1) is 6.92 Å². The summed E-state index contributed by atoms with van der Waals surface area (Å²) in [6.45, 7) is 2.78. The third kappa shape index (κ3) is 3.21. The Kier molecular flexibility index (Phi) is 4.60. The molecule has 1 fully saturated rings. The fourth-order valence-electron chi connectivity index (χ4n) is 3.26. The zero-order valence-corrected chi connectivity index (χ0v) is 13.7. The summed E-state index contributed by atoms with van der Waals surface area (Å²) in [6, 6.07) is 13.5. The molecule has 1 saturated heterocycles. The second-order valence-corrected chi connectivity index (χ2v) is 5.90. The van der Waals surface area contributed by atoms with E-state index in [0.717, 1.165) is 42.6 Å². The zero-order valence-electron chi connectivity index (χ0n) is 13.7. The number of aryl methyl sites for hydroxylation is 1. The second-order valence-electron chi connectivity index (χ2n) is 5.90. The molecule has 1 amide bonds. The average molecular weight is 310 g/mol. The number of piperidine rings is 1. The van der Waals surface area contributed by atoms with Crippen LogP contribution in [0.25, 0.3) is 0 Å². The highest BCUT2D eigenvalue weighted by molar-refractivity contribution is 5.94. The zero-order chi connectivity index (χ0) is 16.2. The van der Waals surface area contributed by atoms with Crippen molar-refractivity contribution in [3.8, 4) is 5.88 Å². The molecule has 0 aliphatic carbocycles. The van der Waals surface area contributed by atoms with Gasteiger partial charge in [0.25, 0.3) is 5.91 Å². The van der Waals surface area contributed by atoms with Gasteiger partial charge >= 0.3 is 0 Å². The summed E-state index contributed by atoms with van der Waals surface area (Å²) in [5.41, 5.74) is 2.80. The number of carbonyl (C=O) groups excluding carboxylic acids is 1. The molecule has 1 aliphatic rings. The number of methoxy groups -OCH3 is 1. The van der Waals surface area contributed by atoms with E-state index >= 15 is 0 Å². The summed E-state index contributed by atoms with van der Waals surface area (Å²) >= 11 is 0. The van der Waals surface area contributed by atoms with Gasteiger partial charge < -0.3 is 9.64 Å². The first-order valence-electron chi connectivity index (χ1n) is 8.08. The van der Waals surface area contributed by atoms with Gasteiger partial charge in [-0.05, 0) is 49.9 Å². The standard InChI is InChI=1S/C19H22N2O2/c1-14-16(11-12-18(20-14)23-2)17-10-6-7-13-21(17)19(22)15-8-4-3-5-9-15/h3-5,8-9,11-12,17H,6-7,10,13H2,1-2H3/t17-/m0/s1. The van der Waals surface area contributed by atoms with E-state index in [4.69, 9.17) is 4.74 Å². The van der Waals surface area contributed by atoms with Crippen molar-refractivity contribution in [2.45, 2.75) is 32.2 Å². The van der Waals surface area contributed by atoms with Crippen molar-refractivity contribution in [1.29, 1.82) is 0 Å². The Balaban J connectivity index is 1.91. The molecule has 23 heavy (non-hydrogen) atoms. The molecule has 0 spiro atoms. The molecule has 3 rings (SSSR count). The van der Waals surface area contributed by atoms with Crippen LogP contribution < -0.4 is 4.74 Å². The number of ether oxygens (including phenoxy) is 1. The topological polar surface area (TPSA) is 42.4 Å².